The Hall–Kier alpha value is -0.320. The van der Waals surface area contributed by atoms with Gasteiger partial charge in [-0.1, -0.05) is 50.1 Å². The standard InChI is InChI=1S/C13H17ClN2S2/c1-3-5-6-7-17-13-15-11(14)10-8-9(4-2)18-12(10)16-13/h8H,3-7H2,1-2H3. The highest BCUT2D eigenvalue weighted by atomic mass is 35.5. The zero-order valence-corrected chi connectivity index (χ0v) is 13.1. The van der Waals surface area contributed by atoms with Crippen molar-refractivity contribution in [3.8, 4) is 0 Å². The van der Waals surface area contributed by atoms with E-state index in [2.05, 4.69) is 29.9 Å². The molecule has 0 aromatic carbocycles. The van der Waals surface area contributed by atoms with Crippen LogP contribution >= 0.6 is 34.7 Å². The van der Waals surface area contributed by atoms with Crippen LogP contribution in [0.15, 0.2) is 11.2 Å². The molecule has 0 bridgehead atoms. The minimum atomic E-state index is 0.592. The normalized spacial score (nSPS) is 11.3. The van der Waals surface area contributed by atoms with E-state index < -0.39 is 0 Å². The minimum Gasteiger partial charge on any atom is -0.211 e. The highest BCUT2D eigenvalue weighted by molar-refractivity contribution is 7.99. The highest BCUT2D eigenvalue weighted by Crippen LogP contribution is 2.31. The molecule has 0 saturated heterocycles. The molecular formula is C13H17ClN2S2. The zero-order chi connectivity index (χ0) is 13.0. The Bertz CT molecular complexity index is 525. The molecule has 0 N–H and O–H groups in total. The molecule has 0 spiro atoms. The molecule has 0 saturated carbocycles. The van der Waals surface area contributed by atoms with E-state index in [1.807, 2.05) is 0 Å². The van der Waals surface area contributed by atoms with Crippen LogP contribution in [0.25, 0.3) is 10.2 Å². The molecule has 2 aromatic rings. The lowest BCUT2D eigenvalue weighted by molar-refractivity contribution is 0.777. The lowest BCUT2D eigenvalue weighted by Gasteiger charge is -2.00. The van der Waals surface area contributed by atoms with E-state index in [4.69, 9.17) is 11.6 Å². The Kier molecular flexibility index (Phi) is 5.27. The van der Waals surface area contributed by atoms with Gasteiger partial charge in [-0.2, -0.15) is 0 Å². The Labute approximate surface area is 121 Å². The third-order valence-electron chi connectivity index (χ3n) is 2.70. The minimum absolute atomic E-state index is 0.592. The average Bonchev–Trinajstić information content (AvgIpc) is 2.78. The molecule has 2 rings (SSSR count). The number of halogens is 1. The van der Waals surface area contributed by atoms with E-state index >= 15 is 0 Å². The van der Waals surface area contributed by atoms with Crippen molar-refractivity contribution in [2.45, 2.75) is 44.7 Å². The molecule has 18 heavy (non-hydrogen) atoms. The second kappa shape index (κ2) is 6.73. The van der Waals surface area contributed by atoms with Crippen molar-refractivity contribution in [3.63, 3.8) is 0 Å². The maximum absolute atomic E-state index is 6.21. The predicted octanol–water partition coefficient (Wildman–Crippen LogP) is 5.19. The van der Waals surface area contributed by atoms with Gasteiger partial charge in [-0.25, -0.2) is 9.97 Å². The molecular weight excluding hydrogens is 284 g/mol. The van der Waals surface area contributed by atoms with Gasteiger partial charge in [0.05, 0.1) is 0 Å². The number of thioether (sulfide) groups is 1. The maximum atomic E-state index is 6.21. The Morgan fingerprint density at radius 1 is 1.28 bits per heavy atom. The molecule has 0 fully saturated rings. The molecule has 2 aromatic heterocycles. The van der Waals surface area contributed by atoms with Crippen molar-refractivity contribution >= 4 is 44.9 Å². The van der Waals surface area contributed by atoms with Gasteiger partial charge in [0.15, 0.2) is 5.16 Å². The maximum Gasteiger partial charge on any atom is 0.190 e. The molecule has 0 aliphatic rings. The molecule has 2 heterocycles. The van der Waals surface area contributed by atoms with Crippen LogP contribution in [-0.2, 0) is 6.42 Å². The van der Waals surface area contributed by atoms with Crippen LogP contribution < -0.4 is 0 Å². The number of hydrogen-bond donors (Lipinski definition) is 0. The molecule has 0 radical (unpaired) electrons. The molecule has 2 nitrogen and oxygen atoms in total. The lowest BCUT2D eigenvalue weighted by atomic mass is 10.3. The Morgan fingerprint density at radius 3 is 2.83 bits per heavy atom. The molecule has 0 amide bonds. The molecule has 0 aliphatic heterocycles. The molecule has 0 unspecified atom stereocenters. The quantitative estimate of drug-likeness (QED) is 0.318. The molecule has 0 aliphatic carbocycles. The Balaban J connectivity index is 2.14. The summed E-state index contributed by atoms with van der Waals surface area (Å²) in [6.07, 6.45) is 4.75. The first-order valence-corrected chi connectivity index (χ1v) is 8.51. The number of nitrogens with zero attached hydrogens (tertiary/aromatic N) is 2. The van der Waals surface area contributed by atoms with Crippen LogP contribution in [0.4, 0.5) is 0 Å². The van der Waals surface area contributed by atoms with Gasteiger partial charge in [0.25, 0.3) is 0 Å². The van der Waals surface area contributed by atoms with E-state index in [1.165, 1.54) is 24.1 Å². The third kappa shape index (κ3) is 3.37. The largest absolute Gasteiger partial charge is 0.211 e. The number of hydrogen-bond acceptors (Lipinski definition) is 4. The Morgan fingerprint density at radius 2 is 2.11 bits per heavy atom. The second-order valence-corrected chi connectivity index (χ2v) is 6.67. The second-order valence-electron chi connectivity index (χ2n) is 4.14. The highest BCUT2D eigenvalue weighted by Gasteiger charge is 2.09. The third-order valence-corrected chi connectivity index (χ3v) is 5.10. The summed E-state index contributed by atoms with van der Waals surface area (Å²) in [5, 5.41) is 2.40. The molecule has 5 heteroatoms. The van der Waals surface area contributed by atoms with E-state index in [-0.39, 0.29) is 0 Å². The average molecular weight is 301 g/mol. The van der Waals surface area contributed by atoms with Crippen LogP contribution in [0.5, 0.6) is 0 Å². The molecule has 0 atom stereocenters. The number of unbranched alkanes of at least 4 members (excludes halogenated alkanes) is 2. The SMILES string of the molecule is CCCCCSc1nc(Cl)c2cc(CC)sc2n1. The monoisotopic (exact) mass is 300 g/mol. The van der Waals surface area contributed by atoms with Gasteiger partial charge in [-0.3, -0.25) is 0 Å². The van der Waals surface area contributed by atoms with E-state index in [0.717, 1.165) is 27.5 Å². The summed E-state index contributed by atoms with van der Waals surface area (Å²) in [5.41, 5.74) is 0. The van der Waals surface area contributed by atoms with Crippen molar-refractivity contribution in [3.05, 3.63) is 16.1 Å². The smallest absolute Gasteiger partial charge is 0.190 e. The summed E-state index contributed by atoms with van der Waals surface area (Å²) in [6, 6.07) is 2.11. The topological polar surface area (TPSA) is 25.8 Å². The first-order valence-electron chi connectivity index (χ1n) is 6.33. The fraction of sp³-hybridized carbons (Fsp3) is 0.538. The first kappa shape index (κ1) is 14.1. The van der Waals surface area contributed by atoms with Crippen LogP contribution in [0, 0.1) is 0 Å². The van der Waals surface area contributed by atoms with E-state index in [0.29, 0.717) is 5.15 Å². The van der Waals surface area contributed by atoms with E-state index in [1.54, 1.807) is 23.1 Å². The van der Waals surface area contributed by atoms with Gasteiger partial charge in [-0.15, -0.1) is 11.3 Å². The number of thiophene rings is 1. The van der Waals surface area contributed by atoms with Crippen molar-refractivity contribution in [1.29, 1.82) is 0 Å². The summed E-state index contributed by atoms with van der Waals surface area (Å²) in [4.78, 5) is 11.3. The van der Waals surface area contributed by atoms with Gasteiger partial charge in [0, 0.05) is 16.0 Å². The first-order chi connectivity index (χ1) is 8.74. The van der Waals surface area contributed by atoms with Crippen molar-refractivity contribution in [2.75, 3.05) is 5.75 Å². The van der Waals surface area contributed by atoms with Gasteiger partial charge in [0.1, 0.15) is 9.98 Å². The van der Waals surface area contributed by atoms with Crippen molar-refractivity contribution in [2.24, 2.45) is 0 Å². The van der Waals surface area contributed by atoms with E-state index in [9.17, 15) is 0 Å². The van der Waals surface area contributed by atoms with Crippen molar-refractivity contribution in [1.82, 2.24) is 9.97 Å². The summed E-state index contributed by atoms with van der Waals surface area (Å²) < 4.78 is 0. The van der Waals surface area contributed by atoms with Crippen LogP contribution in [0.2, 0.25) is 5.15 Å². The number of fused-ring (bicyclic) bond motifs is 1. The zero-order valence-electron chi connectivity index (χ0n) is 10.7. The van der Waals surface area contributed by atoms with Gasteiger partial charge in [-0.05, 0) is 18.9 Å². The van der Waals surface area contributed by atoms with Gasteiger partial charge < -0.3 is 0 Å². The summed E-state index contributed by atoms with van der Waals surface area (Å²) in [5.74, 6) is 1.07. The van der Waals surface area contributed by atoms with Crippen LogP contribution in [-0.4, -0.2) is 15.7 Å². The predicted molar refractivity (Wildman–Crippen MR) is 82.1 cm³/mol. The fourth-order valence-electron chi connectivity index (χ4n) is 1.67. The fourth-order valence-corrected chi connectivity index (χ4v) is 3.87. The summed E-state index contributed by atoms with van der Waals surface area (Å²) in [7, 11) is 0. The number of rotatable bonds is 6. The van der Waals surface area contributed by atoms with Crippen LogP contribution in [0.1, 0.15) is 38.0 Å². The van der Waals surface area contributed by atoms with Gasteiger partial charge >= 0.3 is 0 Å². The van der Waals surface area contributed by atoms with Crippen LogP contribution in [0.3, 0.4) is 0 Å². The molecule has 98 valence electrons. The van der Waals surface area contributed by atoms with Gasteiger partial charge in [0.2, 0.25) is 0 Å². The number of aryl methyl sites for hydroxylation is 1. The number of aromatic nitrogens is 2. The van der Waals surface area contributed by atoms with Crippen molar-refractivity contribution < 1.29 is 0 Å². The summed E-state index contributed by atoms with van der Waals surface area (Å²) >= 11 is 9.64. The summed E-state index contributed by atoms with van der Waals surface area (Å²) in [6.45, 7) is 4.36. The lowest BCUT2D eigenvalue weighted by Crippen LogP contribution is -1.89.